The summed E-state index contributed by atoms with van der Waals surface area (Å²) in [4.78, 5) is 26.7. The van der Waals surface area contributed by atoms with Gasteiger partial charge in [0.25, 0.3) is 10.0 Å². The number of hydrogen-bond donors (Lipinski definition) is 2. The van der Waals surface area contributed by atoms with E-state index in [2.05, 4.69) is 10.6 Å². The van der Waals surface area contributed by atoms with Gasteiger partial charge in [-0.3, -0.25) is 15.0 Å². The fraction of sp³-hybridized carbons (Fsp3) is 0.368. The molecule has 0 radical (unpaired) electrons. The lowest BCUT2D eigenvalue weighted by Crippen LogP contribution is -2.52. The predicted octanol–water partition coefficient (Wildman–Crippen LogP) is 1.39. The molecular weight excluding hydrogens is 412 g/mol. The van der Waals surface area contributed by atoms with E-state index in [0.29, 0.717) is 36.9 Å². The summed E-state index contributed by atoms with van der Waals surface area (Å²) in [6, 6.07) is 12.3. The van der Waals surface area contributed by atoms with E-state index in [1.165, 1.54) is 15.6 Å². The molecule has 156 valence electrons. The van der Waals surface area contributed by atoms with Crippen LogP contribution in [0.2, 0.25) is 0 Å². The van der Waals surface area contributed by atoms with E-state index in [1.54, 1.807) is 12.1 Å². The Morgan fingerprint density at radius 3 is 2.34 bits per heavy atom. The van der Waals surface area contributed by atoms with Gasteiger partial charge in [0.1, 0.15) is 4.21 Å². The zero-order valence-electron chi connectivity index (χ0n) is 16.1. The molecule has 0 bridgehead atoms. The summed E-state index contributed by atoms with van der Waals surface area (Å²) in [5, 5.41) is 4.95. The number of nitrogens with zero attached hydrogens (tertiary/aromatic N) is 2. The van der Waals surface area contributed by atoms with Crippen molar-refractivity contribution in [1.29, 1.82) is 0 Å². The second kappa shape index (κ2) is 9.49. The molecule has 0 unspecified atom stereocenters. The maximum atomic E-state index is 12.6. The first-order chi connectivity index (χ1) is 13.8. The zero-order valence-corrected chi connectivity index (χ0v) is 17.8. The third-order valence-corrected chi connectivity index (χ3v) is 7.92. The summed E-state index contributed by atoms with van der Waals surface area (Å²) in [5.41, 5.74) is 0.938. The zero-order chi connectivity index (χ0) is 20.9. The Hall–Kier alpha value is -2.27. The second-order valence-corrected chi connectivity index (χ2v) is 10.2. The SMILES string of the molecule is Cc1ccc(S(=O)(=O)N2CCN(CC(=O)NC(=O)NCc3ccccc3)CC2)s1. The maximum absolute atomic E-state index is 12.6. The monoisotopic (exact) mass is 436 g/mol. The van der Waals surface area contributed by atoms with Crippen LogP contribution in [0.5, 0.6) is 0 Å². The molecular formula is C19H24N4O4S2. The van der Waals surface area contributed by atoms with E-state index < -0.39 is 22.0 Å². The van der Waals surface area contributed by atoms with Crippen LogP contribution in [0, 0.1) is 6.92 Å². The quantitative estimate of drug-likeness (QED) is 0.713. The van der Waals surface area contributed by atoms with Crippen LogP contribution in [0.1, 0.15) is 10.4 Å². The Labute approximate surface area is 174 Å². The van der Waals surface area contributed by atoms with Gasteiger partial charge >= 0.3 is 6.03 Å². The van der Waals surface area contributed by atoms with Crippen LogP contribution in [0.25, 0.3) is 0 Å². The van der Waals surface area contributed by atoms with Crippen LogP contribution in [0.15, 0.2) is 46.7 Å². The molecule has 1 aromatic heterocycles. The van der Waals surface area contributed by atoms with E-state index in [-0.39, 0.29) is 6.54 Å². The minimum Gasteiger partial charge on any atom is -0.334 e. The largest absolute Gasteiger partial charge is 0.334 e. The number of urea groups is 1. The van der Waals surface area contributed by atoms with Crippen molar-refractivity contribution in [3.8, 4) is 0 Å². The fourth-order valence-corrected chi connectivity index (χ4v) is 5.86. The highest BCUT2D eigenvalue weighted by atomic mass is 32.2. The minimum absolute atomic E-state index is 0.0464. The number of sulfonamides is 1. The number of piperazine rings is 1. The van der Waals surface area contributed by atoms with E-state index in [4.69, 9.17) is 0 Å². The molecule has 1 saturated heterocycles. The summed E-state index contributed by atoms with van der Waals surface area (Å²) < 4.78 is 27.1. The molecule has 8 nitrogen and oxygen atoms in total. The molecule has 2 heterocycles. The molecule has 0 aliphatic carbocycles. The Bertz CT molecular complexity index is 952. The second-order valence-electron chi connectivity index (χ2n) is 6.76. The summed E-state index contributed by atoms with van der Waals surface area (Å²) >= 11 is 1.26. The lowest BCUT2D eigenvalue weighted by atomic mass is 10.2. The molecule has 10 heteroatoms. The molecule has 2 aromatic rings. The summed E-state index contributed by atoms with van der Waals surface area (Å²) in [7, 11) is -3.49. The van der Waals surface area contributed by atoms with Gasteiger partial charge in [-0.25, -0.2) is 13.2 Å². The average molecular weight is 437 g/mol. The Kier molecular flexibility index (Phi) is 7.01. The van der Waals surface area contributed by atoms with E-state index in [0.717, 1.165) is 10.4 Å². The first-order valence-corrected chi connectivity index (χ1v) is 11.5. The Morgan fingerprint density at radius 1 is 1.03 bits per heavy atom. The van der Waals surface area contributed by atoms with E-state index in [1.807, 2.05) is 42.2 Å². The number of nitrogens with one attached hydrogen (secondary N) is 2. The normalized spacial score (nSPS) is 15.8. The average Bonchev–Trinajstić information content (AvgIpc) is 3.15. The number of carbonyl (C=O) groups is 2. The van der Waals surface area contributed by atoms with Crippen molar-refractivity contribution in [3.63, 3.8) is 0 Å². The molecule has 1 aromatic carbocycles. The number of rotatable bonds is 6. The first kappa shape index (κ1) is 21.4. The van der Waals surface area contributed by atoms with Gasteiger partial charge in [0.2, 0.25) is 5.91 Å². The van der Waals surface area contributed by atoms with Gasteiger partial charge in [0.05, 0.1) is 6.54 Å². The molecule has 1 fully saturated rings. The maximum Gasteiger partial charge on any atom is 0.321 e. The van der Waals surface area contributed by atoms with E-state index in [9.17, 15) is 18.0 Å². The number of imide groups is 1. The highest BCUT2D eigenvalue weighted by Crippen LogP contribution is 2.25. The van der Waals surface area contributed by atoms with E-state index >= 15 is 0 Å². The summed E-state index contributed by atoms with van der Waals surface area (Å²) in [6.45, 7) is 3.74. The van der Waals surface area contributed by atoms with Crippen LogP contribution in [-0.4, -0.2) is 62.3 Å². The number of carbonyl (C=O) groups excluding carboxylic acids is 2. The standard InChI is InChI=1S/C19H24N4O4S2/c1-15-7-8-18(28-15)29(26,27)23-11-9-22(10-12-23)14-17(24)21-19(25)20-13-16-5-3-2-4-6-16/h2-8H,9-14H2,1H3,(H2,20,21,24,25). The highest BCUT2D eigenvalue weighted by Gasteiger charge is 2.30. The predicted molar refractivity (Wildman–Crippen MR) is 111 cm³/mol. The number of amides is 3. The van der Waals surface area contributed by atoms with Gasteiger partial charge < -0.3 is 5.32 Å². The molecule has 0 spiro atoms. The van der Waals surface area contributed by atoms with Crippen molar-refractivity contribution in [1.82, 2.24) is 19.8 Å². The third-order valence-electron chi connectivity index (χ3n) is 4.56. The van der Waals surface area contributed by atoms with Crippen molar-refractivity contribution in [2.75, 3.05) is 32.7 Å². The number of hydrogen-bond acceptors (Lipinski definition) is 6. The van der Waals surface area contributed by atoms with Crippen LogP contribution >= 0.6 is 11.3 Å². The van der Waals surface area contributed by atoms with Gasteiger partial charge in [-0.15, -0.1) is 11.3 Å². The molecule has 3 amide bonds. The molecule has 3 rings (SSSR count). The molecule has 0 atom stereocenters. The van der Waals surface area contributed by atoms with Gasteiger partial charge in [0, 0.05) is 37.6 Å². The smallest absolute Gasteiger partial charge is 0.321 e. The van der Waals surface area contributed by atoms with Crippen molar-refractivity contribution in [2.24, 2.45) is 0 Å². The highest BCUT2D eigenvalue weighted by molar-refractivity contribution is 7.91. The minimum atomic E-state index is -3.49. The molecule has 2 N–H and O–H groups in total. The summed E-state index contributed by atoms with van der Waals surface area (Å²) in [6.07, 6.45) is 0. The lowest BCUT2D eigenvalue weighted by Gasteiger charge is -2.33. The van der Waals surface area contributed by atoms with Crippen LogP contribution in [-0.2, 0) is 21.4 Å². The topological polar surface area (TPSA) is 98.8 Å². The van der Waals surface area contributed by atoms with Crippen LogP contribution in [0.3, 0.4) is 0 Å². The van der Waals surface area contributed by atoms with Gasteiger partial charge in [-0.05, 0) is 24.6 Å². The van der Waals surface area contributed by atoms with Crippen molar-refractivity contribution in [2.45, 2.75) is 17.7 Å². The molecule has 29 heavy (non-hydrogen) atoms. The molecule has 1 aliphatic heterocycles. The van der Waals surface area contributed by atoms with Gasteiger partial charge in [-0.1, -0.05) is 30.3 Å². The van der Waals surface area contributed by atoms with Crippen LogP contribution in [0.4, 0.5) is 4.79 Å². The number of thiophene rings is 1. The first-order valence-electron chi connectivity index (χ1n) is 9.25. The Morgan fingerprint density at radius 2 is 1.72 bits per heavy atom. The molecule has 1 aliphatic rings. The summed E-state index contributed by atoms with van der Waals surface area (Å²) in [5.74, 6) is -0.416. The van der Waals surface area contributed by atoms with Gasteiger partial charge in [-0.2, -0.15) is 4.31 Å². The third kappa shape index (κ3) is 5.86. The van der Waals surface area contributed by atoms with Crippen LogP contribution < -0.4 is 10.6 Å². The van der Waals surface area contributed by atoms with Crippen molar-refractivity contribution >= 4 is 33.3 Å². The fourth-order valence-electron chi connectivity index (χ4n) is 3.00. The molecule has 0 saturated carbocycles. The van der Waals surface area contributed by atoms with Crippen molar-refractivity contribution < 1.29 is 18.0 Å². The number of aryl methyl sites for hydroxylation is 1. The van der Waals surface area contributed by atoms with Crippen molar-refractivity contribution in [3.05, 3.63) is 52.9 Å². The Balaban J connectivity index is 1.42. The number of benzene rings is 1. The van der Waals surface area contributed by atoms with Gasteiger partial charge in [0.15, 0.2) is 0 Å². The lowest BCUT2D eigenvalue weighted by molar-refractivity contribution is -0.121.